The van der Waals surface area contributed by atoms with Crippen molar-refractivity contribution >= 4 is 11.7 Å². The SMILES string of the molecule is COc1ccccc1NC(=O)N1CC2CC(C1)c1c(-c3cncnc3)ccc(=O)n1C2. The van der Waals surface area contributed by atoms with Gasteiger partial charge in [-0.25, -0.2) is 14.8 Å². The minimum Gasteiger partial charge on any atom is -0.495 e. The van der Waals surface area contributed by atoms with Crippen molar-refractivity contribution in [1.29, 1.82) is 0 Å². The molecular weight excluding hydrogens is 394 g/mol. The second kappa shape index (κ2) is 7.86. The van der Waals surface area contributed by atoms with Gasteiger partial charge in [-0.3, -0.25) is 4.79 Å². The van der Waals surface area contributed by atoms with Gasteiger partial charge in [-0.05, 0) is 30.5 Å². The number of pyridine rings is 1. The van der Waals surface area contributed by atoms with Crippen molar-refractivity contribution in [2.75, 3.05) is 25.5 Å². The highest BCUT2D eigenvalue weighted by Crippen LogP contribution is 2.39. The summed E-state index contributed by atoms with van der Waals surface area (Å²) in [6.45, 7) is 1.76. The number of methoxy groups -OCH3 is 1. The van der Waals surface area contributed by atoms with Crippen molar-refractivity contribution in [3.63, 3.8) is 0 Å². The van der Waals surface area contributed by atoms with Gasteiger partial charge in [0.2, 0.25) is 0 Å². The average Bonchev–Trinajstić information content (AvgIpc) is 2.80. The van der Waals surface area contributed by atoms with Crippen molar-refractivity contribution in [1.82, 2.24) is 19.4 Å². The van der Waals surface area contributed by atoms with Crippen LogP contribution in [-0.2, 0) is 6.54 Å². The van der Waals surface area contributed by atoms with Gasteiger partial charge in [0.1, 0.15) is 12.1 Å². The molecule has 0 spiro atoms. The molecule has 1 saturated heterocycles. The summed E-state index contributed by atoms with van der Waals surface area (Å²) in [5.41, 5.74) is 3.44. The number of hydrogen-bond acceptors (Lipinski definition) is 5. The molecule has 2 atom stereocenters. The lowest BCUT2D eigenvalue weighted by Gasteiger charge is -2.43. The number of benzene rings is 1. The number of urea groups is 1. The van der Waals surface area contributed by atoms with Crippen molar-refractivity contribution in [2.45, 2.75) is 18.9 Å². The van der Waals surface area contributed by atoms with Crippen LogP contribution in [0.5, 0.6) is 5.75 Å². The standard InChI is InChI=1S/C23H23N5O3/c1-31-20-5-3-2-4-19(20)26-23(30)27-11-15-8-16(13-27)22-18(17-9-24-14-25-10-17)6-7-21(29)28(22)12-15/h2-7,9-10,14-16H,8,11-13H2,1H3,(H,26,30). The molecule has 2 amide bonds. The Labute approximate surface area is 179 Å². The summed E-state index contributed by atoms with van der Waals surface area (Å²) >= 11 is 0. The quantitative estimate of drug-likeness (QED) is 0.708. The summed E-state index contributed by atoms with van der Waals surface area (Å²) < 4.78 is 7.22. The van der Waals surface area contributed by atoms with Gasteiger partial charge in [-0.2, -0.15) is 0 Å². The lowest BCUT2D eigenvalue weighted by molar-refractivity contribution is 0.140. The molecule has 2 bridgehead atoms. The predicted octanol–water partition coefficient (Wildman–Crippen LogP) is 2.97. The molecule has 4 heterocycles. The molecule has 3 aromatic rings. The smallest absolute Gasteiger partial charge is 0.321 e. The number of carbonyl (C=O) groups is 1. The molecule has 5 rings (SSSR count). The van der Waals surface area contributed by atoms with E-state index in [9.17, 15) is 9.59 Å². The number of carbonyl (C=O) groups excluding carboxylic acids is 1. The van der Waals surface area contributed by atoms with Gasteiger partial charge >= 0.3 is 6.03 Å². The molecule has 0 aliphatic carbocycles. The normalized spacial score (nSPS) is 19.5. The van der Waals surface area contributed by atoms with Crippen LogP contribution in [0.4, 0.5) is 10.5 Å². The maximum absolute atomic E-state index is 13.1. The first-order valence-corrected chi connectivity index (χ1v) is 10.3. The van der Waals surface area contributed by atoms with Crippen LogP contribution in [0, 0.1) is 5.92 Å². The number of aromatic nitrogens is 3. The van der Waals surface area contributed by atoms with Gasteiger partial charge in [0.25, 0.3) is 5.56 Å². The monoisotopic (exact) mass is 417 g/mol. The topological polar surface area (TPSA) is 89.3 Å². The lowest BCUT2D eigenvalue weighted by atomic mass is 9.81. The summed E-state index contributed by atoms with van der Waals surface area (Å²) in [6.07, 6.45) is 5.96. The van der Waals surface area contributed by atoms with E-state index in [1.54, 1.807) is 25.6 Å². The summed E-state index contributed by atoms with van der Waals surface area (Å²) in [6, 6.07) is 10.7. The fraction of sp³-hybridized carbons (Fsp3) is 0.304. The molecule has 1 N–H and O–H groups in total. The Hall–Kier alpha value is -3.68. The Morgan fingerprint density at radius 3 is 2.71 bits per heavy atom. The summed E-state index contributed by atoms with van der Waals surface area (Å²) in [5, 5.41) is 2.98. The fourth-order valence-corrected chi connectivity index (χ4v) is 4.81. The van der Waals surface area contributed by atoms with Gasteiger partial charge in [0.15, 0.2) is 0 Å². The van der Waals surface area contributed by atoms with E-state index in [0.717, 1.165) is 23.2 Å². The number of nitrogens with zero attached hydrogens (tertiary/aromatic N) is 4. The Kier molecular flexibility index (Phi) is 4.89. The fourth-order valence-electron chi connectivity index (χ4n) is 4.81. The number of fused-ring (bicyclic) bond motifs is 4. The number of rotatable bonds is 3. The predicted molar refractivity (Wildman–Crippen MR) is 116 cm³/mol. The second-order valence-electron chi connectivity index (χ2n) is 8.04. The molecule has 1 fully saturated rings. The van der Waals surface area contributed by atoms with Crippen LogP contribution in [0.1, 0.15) is 18.0 Å². The van der Waals surface area contributed by atoms with Crippen LogP contribution in [0.15, 0.2) is 59.9 Å². The minimum absolute atomic E-state index is 0.00257. The van der Waals surface area contributed by atoms with E-state index in [4.69, 9.17) is 4.74 Å². The molecule has 2 aromatic heterocycles. The molecular formula is C23H23N5O3. The zero-order valence-electron chi connectivity index (χ0n) is 17.2. The highest BCUT2D eigenvalue weighted by atomic mass is 16.5. The van der Waals surface area contributed by atoms with Gasteiger partial charge in [0.05, 0.1) is 12.8 Å². The molecule has 1 aromatic carbocycles. The van der Waals surface area contributed by atoms with E-state index in [1.165, 1.54) is 6.33 Å². The number of nitrogens with one attached hydrogen (secondary N) is 1. The Morgan fingerprint density at radius 1 is 1.10 bits per heavy atom. The number of amides is 2. The van der Waals surface area contributed by atoms with Crippen LogP contribution >= 0.6 is 0 Å². The Balaban J connectivity index is 1.46. The van der Waals surface area contributed by atoms with Crippen molar-refractivity contribution in [3.05, 3.63) is 71.2 Å². The third-order valence-corrected chi connectivity index (χ3v) is 6.10. The average molecular weight is 417 g/mol. The van der Waals surface area contributed by atoms with Crippen LogP contribution in [-0.4, -0.2) is 45.7 Å². The maximum Gasteiger partial charge on any atom is 0.321 e. The van der Waals surface area contributed by atoms with E-state index >= 15 is 0 Å². The minimum atomic E-state index is -0.157. The molecule has 31 heavy (non-hydrogen) atoms. The van der Waals surface area contributed by atoms with Gasteiger partial charge in [-0.15, -0.1) is 0 Å². The lowest BCUT2D eigenvalue weighted by Crippen LogP contribution is -2.50. The zero-order chi connectivity index (χ0) is 21.4. The Morgan fingerprint density at radius 2 is 1.90 bits per heavy atom. The van der Waals surface area contributed by atoms with Crippen LogP contribution in [0.2, 0.25) is 0 Å². The molecule has 2 unspecified atom stereocenters. The number of para-hydroxylation sites is 2. The van der Waals surface area contributed by atoms with Crippen LogP contribution < -0.4 is 15.6 Å². The maximum atomic E-state index is 13.1. The molecule has 8 heteroatoms. The Bertz CT molecular complexity index is 1180. The van der Waals surface area contributed by atoms with Crippen molar-refractivity contribution in [3.8, 4) is 16.9 Å². The van der Waals surface area contributed by atoms with Gasteiger partial charge in [0, 0.05) is 60.8 Å². The summed E-state index contributed by atoms with van der Waals surface area (Å²) in [7, 11) is 1.58. The number of hydrogen-bond donors (Lipinski definition) is 1. The third kappa shape index (κ3) is 3.54. The first-order chi connectivity index (χ1) is 15.1. The first-order valence-electron chi connectivity index (χ1n) is 10.3. The summed E-state index contributed by atoms with van der Waals surface area (Å²) in [4.78, 5) is 35.8. The molecule has 2 aliphatic heterocycles. The molecule has 8 nitrogen and oxygen atoms in total. The number of piperidine rings is 1. The van der Waals surface area contributed by atoms with Crippen LogP contribution in [0.25, 0.3) is 11.1 Å². The van der Waals surface area contributed by atoms with Crippen molar-refractivity contribution in [2.24, 2.45) is 5.92 Å². The highest BCUT2D eigenvalue weighted by molar-refractivity contribution is 5.91. The third-order valence-electron chi connectivity index (χ3n) is 6.10. The van der Waals surface area contributed by atoms with E-state index in [2.05, 4.69) is 15.3 Å². The number of likely N-dealkylation sites (tertiary alicyclic amines) is 1. The number of ether oxygens (including phenoxy) is 1. The van der Waals surface area contributed by atoms with Crippen molar-refractivity contribution < 1.29 is 9.53 Å². The van der Waals surface area contributed by atoms with E-state index < -0.39 is 0 Å². The van der Waals surface area contributed by atoms with E-state index in [-0.39, 0.29) is 23.4 Å². The van der Waals surface area contributed by atoms with Crippen LogP contribution in [0.3, 0.4) is 0 Å². The molecule has 0 saturated carbocycles. The highest BCUT2D eigenvalue weighted by Gasteiger charge is 2.38. The zero-order valence-corrected chi connectivity index (χ0v) is 17.2. The van der Waals surface area contributed by atoms with Gasteiger partial charge < -0.3 is 19.5 Å². The largest absolute Gasteiger partial charge is 0.495 e. The summed E-state index contributed by atoms with van der Waals surface area (Å²) in [5.74, 6) is 0.922. The molecule has 158 valence electrons. The van der Waals surface area contributed by atoms with E-state index in [0.29, 0.717) is 31.1 Å². The van der Waals surface area contributed by atoms with E-state index in [1.807, 2.05) is 39.8 Å². The second-order valence-corrected chi connectivity index (χ2v) is 8.04. The molecule has 0 radical (unpaired) electrons. The first kappa shape index (κ1) is 19.3. The van der Waals surface area contributed by atoms with Gasteiger partial charge in [-0.1, -0.05) is 12.1 Å². The molecule has 2 aliphatic rings. The number of anilines is 1.